The van der Waals surface area contributed by atoms with Crippen molar-refractivity contribution in [3.63, 3.8) is 0 Å². The number of halogens is 4. The second-order valence-electron chi connectivity index (χ2n) is 8.66. The fourth-order valence-corrected chi connectivity index (χ4v) is 5.38. The van der Waals surface area contributed by atoms with E-state index >= 15 is 0 Å². The van der Waals surface area contributed by atoms with Crippen LogP contribution in [0, 0.1) is 6.92 Å². The van der Waals surface area contributed by atoms with Crippen molar-refractivity contribution in [2.45, 2.75) is 18.0 Å². The Morgan fingerprint density at radius 1 is 0.900 bits per heavy atom. The van der Waals surface area contributed by atoms with Gasteiger partial charge in [-0.3, -0.25) is 4.72 Å². The number of rotatable bonds is 6. The highest BCUT2D eigenvalue weighted by Gasteiger charge is 2.38. The smallest absolute Gasteiger partial charge is 0.478 e. The van der Waals surface area contributed by atoms with Gasteiger partial charge in [-0.1, -0.05) is 29.8 Å². The lowest BCUT2D eigenvalue weighted by Crippen LogP contribution is -2.46. The van der Waals surface area contributed by atoms with Gasteiger partial charge in [-0.2, -0.15) is 13.2 Å². The van der Waals surface area contributed by atoms with Gasteiger partial charge in [0.1, 0.15) is 0 Å². The molecule has 0 unspecified atom stereocenters. The number of anilines is 3. The summed E-state index contributed by atoms with van der Waals surface area (Å²) < 4.78 is 60.6. The normalized spacial score (nSPS) is 13.7. The third-order valence-electron chi connectivity index (χ3n) is 5.93. The van der Waals surface area contributed by atoms with Crippen molar-refractivity contribution in [2.75, 3.05) is 40.7 Å². The highest BCUT2D eigenvalue weighted by atomic mass is 35.5. The molecule has 0 aliphatic carbocycles. The summed E-state index contributed by atoms with van der Waals surface area (Å²) in [6.45, 7) is 4.47. The number of carboxylic acid groups (broad SMARTS) is 2. The predicted molar refractivity (Wildman–Crippen MR) is 145 cm³/mol. The zero-order chi connectivity index (χ0) is 29.7. The van der Waals surface area contributed by atoms with E-state index in [2.05, 4.69) is 14.5 Å². The molecule has 0 aromatic heterocycles. The molecule has 1 aliphatic rings. The van der Waals surface area contributed by atoms with Gasteiger partial charge < -0.3 is 20.0 Å². The number of aliphatic carboxylic acids is 1. The minimum absolute atomic E-state index is 0.0148. The van der Waals surface area contributed by atoms with Crippen LogP contribution in [-0.4, -0.2) is 62.9 Å². The largest absolute Gasteiger partial charge is 0.490 e. The van der Waals surface area contributed by atoms with Crippen molar-refractivity contribution < 1.29 is 41.4 Å². The van der Waals surface area contributed by atoms with Gasteiger partial charge in [0.2, 0.25) is 0 Å². The number of aryl methyl sites for hydroxylation is 1. The van der Waals surface area contributed by atoms with Crippen LogP contribution in [0.3, 0.4) is 0 Å². The number of carbonyl (C=O) groups is 2. The van der Waals surface area contributed by atoms with Crippen LogP contribution in [0.5, 0.6) is 0 Å². The molecule has 4 rings (SSSR count). The molecule has 9 nitrogen and oxygen atoms in total. The number of hydrogen-bond donors (Lipinski definition) is 3. The third kappa shape index (κ3) is 7.79. The van der Waals surface area contributed by atoms with Crippen molar-refractivity contribution in [1.29, 1.82) is 0 Å². The van der Waals surface area contributed by atoms with Gasteiger partial charge in [0, 0.05) is 36.9 Å². The van der Waals surface area contributed by atoms with Crippen LogP contribution in [0.2, 0.25) is 5.02 Å². The van der Waals surface area contributed by atoms with Crippen molar-refractivity contribution in [3.8, 4) is 0 Å². The quantitative estimate of drug-likeness (QED) is 0.357. The Morgan fingerprint density at radius 3 is 1.98 bits per heavy atom. The van der Waals surface area contributed by atoms with Gasteiger partial charge in [0.15, 0.2) is 0 Å². The first-order valence-electron chi connectivity index (χ1n) is 11.7. The van der Waals surface area contributed by atoms with E-state index in [0.29, 0.717) is 29.4 Å². The van der Waals surface area contributed by atoms with E-state index in [9.17, 15) is 31.5 Å². The zero-order valence-electron chi connectivity index (χ0n) is 21.0. The molecule has 0 saturated carbocycles. The van der Waals surface area contributed by atoms with Crippen LogP contribution in [-0.2, 0) is 14.8 Å². The molecular formula is C26H25ClF3N3O6S. The van der Waals surface area contributed by atoms with E-state index < -0.39 is 28.1 Å². The van der Waals surface area contributed by atoms with Crippen LogP contribution in [0.25, 0.3) is 0 Å². The molecule has 0 atom stereocenters. The Bertz CT molecular complexity index is 1480. The highest BCUT2D eigenvalue weighted by Crippen LogP contribution is 2.32. The SMILES string of the molecule is Cc1ccccc1S(=O)(=O)Nc1cc(C(=O)O)ccc1N1CCN(c2ccc(Cl)cc2)CC1.O=C(O)C(F)(F)F. The molecule has 1 saturated heterocycles. The summed E-state index contributed by atoms with van der Waals surface area (Å²) in [5.74, 6) is -3.88. The molecule has 3 aromatic carbocycles. The number of benzene rings is 3. The summed E-state index contributed by atoms with van der Waals surface area (Å²) in [5, 5.41) is 17.3. The summed E-state index contributed by atoms with van der Waals surface area (Å²) >= 11 is 5.99. The van der Waals surface area contributed by atoms with Crippen LogP contribution >= 0.6 is 11.6 Å². The maximum atomic E-state index is 13.1. The van der Waals surface area contributed by atoms with E-state index in [0.717, 1.165) is 18.8 Å². The molecule has 0 bridgehead atoms. The van der Waals surface area contributed by atoms with Gasteiger partial charge in [0.05, 0.1) is 21.8 Å². The highest BCUT2D eigenvalue weighted by molar-refractivity contribution is 7.92. The standard InChI is InChI=1S/C24H24ClN3O4S.C2HF3O2/c1-17-4-2-3-5-23(17)33(31,32)26-21-16-18(24(29)30)6-11-22(21)28-14-12-27(13-15-28)20-9-7-19(25)8-10-20;3-2(4,5)1(6)7/h2-11,16,26H,12-15H2,1H3,(H,29,30);(H,6,7). The van der Waals surface area contributed by atoms with E-state index in [4.69, 9.17) is 21.5 Å². The molecule has 0 amide bonds. The van der Waals surface area contributed by atoms with Gasteiger partial charge in [-0.05, 0) is 61.0 Å². The maximum Gasteiger partial charge on any atom is 0.490 e. The number of sulfonamides is 1. The lowest BCUT2D eigenvalue weighted by atomic mass is 10.1. The summed E-state index contributed by atoms with van der Waals surface area (Å²) in [6.07, 6.45) is -5.08. The minimum atomic E-state index is -5.08. The average Bonchev–Trinajstić information content (AvgIpc) is 2.89. The van der Waals surface area contributed by atoms with Gasteiger partial charge in [-0.15, -0.1) is 0 Å². The van der Waals surface area contributed by atoms with Crippen LogP contribution in [0.4, 0.5) is 30.2 Å². The van der Waals surface area contributed by atoms with Crippen LogP contribution in [0.1, 0.15) is 15.9 Å². The molecule has 40 heavy (non-hydrogen) atoms. The first-order chi connectivity index (χ1) is 18.7. The zero-order valence-corrected chi connectivity index (χ0v) is 22.6. The van der Waals surface area contributed by atoms with E-state index in [1.54, 1.807) is 31.2 Å². The van der Waals surface area contributed by atoms with Crippen molar-refractivity contribution in [2.24, 2.45) is 0 Å². The lowest BCUT2D eigenvalue weighted by Gasteiger charge is -2.38. The molecule has 3 aromatic rings. The molecule has 214 valence electrons. The number of alkyl halides is 3. The lowest BCUT2D eigenvalue weighted by molar-refractivity contribution is -0.192. The number of nitrogens with zero attached hydrogens (tertiary/aromatic N) is 2. The topological polar surface area (TPSA) is 127 Å². The van der Waals surface area contributed by atoms with Gasteiger partial charge >= 0.3 is 18.1 Å². The Hall–Kier alpha value is -3.97. The predicted octanol–water partition coefficient (Wildman–Crippen LogP) is 5.11. The Kier molecular flexibility index (Phi) is 9.53. The molecular weight excluding hydrogens is 575 g/mol. The first-order valence-corrected chi connectivity index (χ1v) is 13.6. The van der Waals surface area contributed by atoms with Crippen molar-refractivity contribution >= 4 is 50.6 Å². The molecule has 0 spiro atoms. The van der Waals surface area contributed by atoms with E-state index in [-0.39, 0.29) is 16.1 Å². The summed E-state index contributed by atoms with van der Waals surface area (Å²) in [5.41, 5.74) is 2.59. The minimum Gasteiger partial charge on any atom is -0.478 e. The average molecular weight is 600 g/mol. The molecule has 1 aliphatic heterocycles. The monoisotopic (exact) mass is 599 g/mol. The number of hydrogen-bond acceptors (Lipinski definition) is 6. The molecule has 14 heteroatoms. The second-order valence-corrected chi connectivity index (χ2v) is 10.7. The fraction of sp³-hybridized carbons (Fsp3) is 0.231. The van der Waals surface area contributed by atoms with Gasteiger partial charge in [0.25, 0.3) is 10.0 Å². The van der Waals surface area contributed by atoms with Crippen LogP contribution in [0.15, 0.2) is 71.6 Å². The first kappa shape index (κ1) is 30.6. The van der Waals surface area contributed by atoms with E-state index in [1.165, 1.54) is 18.2 Å². The second kappa shape index (κ2) is 12.5. The fourth-order valence-electron chi connectivity index (χ4n) is 3.94. The van der Waals surface area contributed by atoms with Crippen molar-refractivity contribution in [1.82, 2.24) is 0 Å². The summed E-state index contributed by atoms with van der Waals surface area (Å²) in [6, 6.07) is 18.9. The number of piperazine rings is 1. The molecule has 1 heterocycles. The maximum absolute atomic E-state index is 13.1. The summed E-state index contributed by atoms with van der Waals surface area (Å²) in [4.78, 5) is 24.9. The summed E-state index contributed by atoms with van der Waals surface area (Å²) in [7, 11) is -3.90. The van der Waals surface area contributed by atoms with Crippen molar-refractivity contribution in [3.05, 3.63) is 82.9 Å². The molecule has 3 N–H and O–H groups in total. The van der Waals surface area contributed by atoms with Crippen LogP contribution < -0.4 is 14.5 Å². The van der Waals surface area contributed by atoms with E-state index in [1.807, 2.05) is 24.3 Å². The number of aromatic carboxylic acids is 1. The van der Waals surface area contributed by atoms with Gasteiger partial charge in [-0.25, -0.2) is 18.0 Å². The number of carboxylic acids is 2. The molecule has 0 radical (unpaired) electrons. The Balaban J connectivity index is 0.000000559. The Labute approximate surface area is 233 Å². The molecule has 1 fully saturated rings. The Morgan fingerprint density at radius 2 is 1.45 bits per heavy atom. The third-order valence-corrected chi connectivity index (χ3v) is 7.70. The number of nitrogens with one attached hydrogen (secondary N) is 1.